The summed E-state index contributed by atoms with van der Waals surface area (Å²) in [7, 11) is 0. The Hall–Kier alpha value is -1.28. The number of carbonyl (C=O) groups excluding carboxylic acids is 3. The van der Waals surface area contributed by atoms with Crippen molar-refractivity contribution < 1.29 is 19.5 Å². The number of nitrogens with zero attached hydrogens (tertiary/aromatic N) is 1. The highest BCUT2D eigenvalue weighted by molar-refractivity contribution is 8.02. The first-order valence-electron chi connectivity index (χ1n) is 13.8. The van der Waals surface area contributed by atoms with Crippen molar-refractivity contribution in [2.24, 2.45) is 23.2 Å². The molecule has 2 unspecified atom stereocenters. The number of hydrogen-bond donors (Lipinski definition) is 3. The second-order valence-electron chi connectivity index (χ2n) is 13.5. The quantitative estimate of drug-likeness (QED) is 0.405. The second-order valence-corrected chi connectivity index (χ2v) is 15.4. The molecule has 0 aliphatic carbocycles. The van der Waals surface area contributed by atoms with Gasteiger partial charge < -0.3 is 20.6 Å². The Labute approximate surface area is 222 Å². The van der Waals surface area contributed by atoms with E-state index >= 15 is 0 Å². The summed E-state index contributed by atoms with van der Waals surface area (Å²) in [6, 6.07) is -1.17. The molecule has 7 atom stereocenters. The monoisotopic (exact) mass is 523 g/mol. The van der Waals surface area contributed by atoms with Gasteiger partial charge in [0.05, 0.1) is 29.2 Å². The molecule has 8 heteroatoms. The third kappa shape index (κ3) is 5.05. The minimum absolute atomic E-state index is 0.0175. The maximum atomic E-state index is 14.3. The van der Waals surface area contributed by atoms with Gasteiger partial charge in [-0.05, 0) is 57.8 Å². The number of carbonyl (C=O) groups is 3. The number of nitrogens with one attached hydrogen (secondary N) is 2. The summed E-state index contributed by atoms with van der Waals surface area (Å²) in [6.07, 6.45) is 3.90. The van der Waals surface area contributed by atoms with Crippen LogP contribution in [0, 0.1) is 23.2 Å². The number of aliphatic hydroxyl groups excluding tert-OH is 1. The summed E-state index contributed by atoms with van der Waals surface area (Å²) >= 11 is 1.69. The van der Waals surface area contributed by atoms with Crippen molar-refractivity contribution in [2.45, 2.75) is 122 Å². The molecule has 3 saturated heterocycles. The van der Waals surface area contributed by atoms with Gasteiger partial charge in [-0.1, -0.05) is 48.0 Å². The molecule has 0 aromatic carbocycles. The predicted octanol–water partition coefficient (Wildman–Crippen LogP) is 3.73. The largest absolute Gasteiger partial charge is 0.394 e. The van der Waals surface area contributed by atoms with Gasteiger partial charge in [-0.15, -0.1) is 11.8 Å². The zero-order valence-corrected chi connectivity index (χ0v) is 24.7. The highest BCUT2D eigenvalue weighted by Gasteiger charge is 2.77. The Morgan fingerprint density at radius 3 is 2.33 bits per heavy atom. The third-order valence-corrected chi connectivity index (χ3v) is 10.6. The van der Waals surface area contributed by atoms with Crippen LogP contribution in [-0.2, 0) is 14.4 Å². The van der Waals surface area contributed by atoms with Crippen LogP contribution >= 0.6 is 11.8 Å². The van der Waals surface area contributed by atoms with E-state index in [9.17, 15) is 19.5 Å². The molecule has 206 valence electrons. The second kappa shape index (κ2) is 10.1. The van der Waals surface area contributed by atoms with Gasteiger partial charge in [0.25, 0.3) is 0 Å². The molecule has 3 heterocycles. The summed E-state index contributed by atoms with van der Waals surface area (Å²) in [4.78, 5) is 43.6. The molecule has 3 aliphatic rings. The summed E-state index contributed by atoms with van der Waals surface area (Å²) < 4.78 is -1.04. The van der Waals surface area contributed by atoms with Crippen molar-refractivity contribution in [3.63, 3.8) is 0 Å². The van der Waals surface area contributed by atoms with Crippen LogP contribution in [0.25, 0.3) is 0 Å². The lowest BCUT2D eigenvalue weighted by molar-refractivity contribution is -0.144. The highest BCUT2D eigenvalue weighted by Crippen LogP contribution is 2.71. The normalized spacial score (nSPS) is 33.4. The molecule has 0 aromatic rings. The highest BCUT2D eigenvalue weighted by atomic mass is 32.2. The minimum Gasteiger partial charge on any atom is -0.394 e. The van der Waals surface area contributed by atoms with Crippen LogP contribution in [-0.4, -0.2) is 68.0 Å². The molecule has 2 bridgehead atoms. The number of amides is 3. The average molecular weight is 524 g/mol. The van der Waals surface area contributed by atoms with Crippen molar-refractivity contribution in [3.8, 4) is 0 Å². The van der Waals surface area contributed by atoms with Gasteiger partial charge in [0.1, 0.15) is 6.04 Å². The number of likely N-dealkylation sites (tertiary alicyclic amines) is 1. The maximum absolute atomic E-state index is 14.3. The van der Waals surface area contributed by atoms with Gasteiger partial charge >= 0.3 is 0 Å². The van der Waals surface area contributed by atoms with E-state index in [1.807, 2.05) is 34.6 Å². The van der Waals surface area contributed by atoms with Gasteiger partial charge in [-0.3, -0.25) is 14.4 Å². The molecule has 3 aliphatic heterocycles. The fourth-order valence-corrected chi connectivity index (χ4v) is 9.71. The van der Waals surface area contributed by atoms with Crippen molar-refractivity contribution in [2.75, 3.05) is 13.2 Å². The van der Waals surface area contributed by atoms with Crippen LogP contribution in [0.1, 0.15) is 94.4 Å². The molecule has 3 fully saturated rings. The summed E-state index contributed by atoms with van der Waals surface area (Å²) in [5, 5.41) is 16.8. The van der Waals surface area contributed by atoms with Crippen LogP contribution < -0.4 is 10.6 Å². The number of fused-ring (bicyclic) bond motifs is 1. The Kier molecular flexibility index (Phi) is 8.23. The van der Waals surface area contributed by atoms with Crippen molar-refractivity contribution in [1.82, 2.24) is 15.5 Å². The van der Waals surface area contributed by atoms with E-state index in [4.69, 9.17) is 0 Å². The van der Waals surface area contributed by atoms with E-state index in [1.54, 1.807) is 16.7 Å². The Morgan fingerprint density at radius 2 is 1.81 bits per heavy atom. The Morgan fingerprint density at radius 1 is 1.17 bits per heavy atom. The number of rotatable bonds is 10. The lowest BCUT2D eigenvalue weighted by atomic mass is 9.66. The summed E-state index contributed by atoms with van der Waals surface area (Å²) in [5.74, 6) is -1.39. The Balaban J connectivity index is 2.07. The number of hydrogen-bond acceptors (Lipinski definition) is 5. The van der Waals surface area contributed by atoms with Crippen LogP contribution in [0.3, 0.4) is 0 Å². The fourth-order valence-electron chi connectivity index (χ4n) is 7.37. The standard InChI is InChI=1S/C28H49N3O4S/c1-10-14-29-22(33)19-20-24(35)31(18(15-32)17(3)11-2)21(28(20)13-12-27(19,9)36-28)23(34)30-26(7,8)16-25(4,5)6/h17-21,32H,10-16H2,1-9H3,(H,29,33)(H,30,34)/t17-,18-,19-,20-,21?,27+,28?/m0/s1. The average Bonchev–Trinajstić information content (AvgIpc) is 3.31. The predicted molar refractivity (Wildman–Crippen MR) is 145 cm³/mol. The van der Waals surface area contributed by atoms with E-state index in [0.717, 1.165) is 32.1 Å². The zero-order valence-electron chi connectivity index (χ0n) is 23.9. The molecule has 1 spiro atoms. The van der Waals surface area contributed by atoms with Crippen LogP contribution in [0.5, 0.6) is 0 Å². The first kappa shape index (κ1) is 29.3. The zero-order chi connectivity index (χ0) is 27.3. The Bertz CT molecular complexity index is 871. The van der Waals surface area contributed by atoms with E-state index in [2.05, 4.69) is 38.3 Å². The number of aliphatic hydroxyl groups is 1. The SMILES string of the molecule is CCCNC(=O)[C@@H]1[C@H]2C(=O)N([C@@H](CO)[C@@H](C)CC)C(C(=O)NC(C)(C)CC(C)(C)C)C23CC[C@@]1(C)S3. The van der Waals surface area contributed by atoms with E-state index in [-0.39, 0.29) is 40.4 Å². The first-order chi connectivity index (χ1) is 16.6. The van der Waals surface area contributed by atoms with E-state index in [1.165, 1.54) is 0 Å². The van der Waals surface area contributed by atoms with Gasteiger partial charge in [-0.2, -0.15) is 0 Å². The summed E-state index contributed by atoms with van der Waals surface area (Å²) in [6.45, 7) is 19.1. The van der Waals surface area contributed by atoms with Crippen molar-refractivity contribution in [1.29, 1.82) is 0 Å². The fraction of sp³-hybridized carbons (Fsp3) is 0.893. The lowest BCUT2D eigenvalue weighted by Crippen LogP contribution is -2.61. The molecular weight excluding hydrogens is 474 g/mol. The van der Waals surface area contributed by atoms with Crippen LogP contribution in [0.2, 0.25) is 0 Å². The molecule has 36 heavy (non-hydrogen) atoms. The van der Waals surface area contributed by atoms with Gasteiger partial charge in [0.15, 0.2) is 0 Å². The van der Waals surface area contributed by atoms with Crippen LogP contribution in [0.4, 0.5) is 0 Å². The molecule has 3 N–H and O–H groups in total. The van der Waals surface area contributed by atoms with Crippen LogP contribution in [0.15, 0.2) is 0 Å². The smallest absolute Gasteiger partial charge is 0.244 e. The van der Waals surface area contributed by atoms with Crippen molar-refractivity contribution in [3.05, 3.63) is 0 Å². The number of thioether (sulfide) groups is 1. The molecule has 7 nitrogen and oxygen atoms in total. The maximum Gasteiger partial charge on any atom is 0.244 e. The molecule has 0 radical (unpaired) electrons. The molecule has 3 amide bonds. The van der Waals surface area contributed by atoms with Gasteiger partial charge in [0.2, 0.25) is 17.7 Å². The topological polar surface area (TPSA) is 98.7 Å². The minimum atomic E-state index is -0.712. The third-order valence-electron chi connectivity index (χ3n) is 8.57. The van der Waals surface area contributed by atoms with E-state index < -0.39 is 34.2 Å². The van der Waals surface area contributed by atoms with Gasteiger partial charge in [0, 0.05) is 16.8 Å². The molecule has 3 rings (SSSR count). The van der Waals surface area contributed by atoms with E-state index in [0.29, 0.717) is 6.54 Å². The van der Waals surface area contributed by atoms with Crippen molar-refractivity contribution >= 4 is 29.5 Å². The lowest BCUT2D eigenvalue weighted by Gasteiger charge is -2.41. The summed E-state index contributed by atoms with van der Waals surface area (Å²) in [5.41, 5.74) is -0.448. The first-order valence-corrected chi connectivity index (χ1v) is 14.6. The molecule has 0 aromatic heterocycles. The molecule has 0 saturated carbocycles. The van der Waals surface area contributed by atoms with Gasteiger partial charge in [-0.25, -0.2) is 0 Å². The molecular formula is C28H49N3O4S.